The largest absolute Gasteiger partial charge is 0.497 e. The number of nitrogens with zero attached hydrogens (tertiary/aromatic N) is 6. The predicted molar refractivity (Wildman–Crippen MR) is 136 cm³/mol. The maximum atomic E-state index is 6.09. The minimum Gasteiger partial charge on any atom is -0.497 e. The van der Waals surface area contributed by atoms with Crippen molar-refractivity contribution in [2.75, 3.05) is 7.11 Å². The summed E-state index contributed by atoms with van der Waals surface area (Å²) in [5.74, 6) is 2.41. The Morgan fingerprint density at radius 1 is 0.833 bits per heavy atom. The molecule has 0 saturated heterocycles. The van der Waals surface area contributed by atoms with Crippen LogP contribution >= 0.6 is 0 Å². The molecule has 36 heavy (non-hydrogen) atoms. The summed E-state index contributed by atoms with van der Waals surface area (Å²) in [6.07, 6.45) is 4.30. The van der Waals surface area contributed by atoms with E-state index < -0.39 is 0 Å². The van der Waals surface area contributed by atoms with Gasteiger partial charge in [-0.2, -0.15) is 9.61 Å². The molecule has 6 aromatic rings. The zero-order valence-corrected chi connectivity index (χ0v) is 19.6. The summed E-state index contributed by atoms with van der Waals surface area (Å²) in [6, 6.07) is 26.3. The number of ether oxygens (including phenoxy) is 2. The first kappa shape index (κ1) is 21.7. The fourth-order valence-corrected chi connectivity index (χ4v) is 4.08. The van der Waals surface area contributed by atoms with E-state index in [2.05, 4.69) is 68.7 Å². The third-order valence-electron chi connectivity index (χ3n) is 5.97. The Labute approximate surface area is 207 Å². The standard InChI is InChI=1S/C28H22N6O2/c1-35-22-11-12-23-24(16-22)29-14-13-26(23)36-18-27-31-32-28-30-17-25(33-34(27)28)21-9-7-20(8-10-21)15-19-5-3-2-4-6-19/h2-14,16-17H,15,18H2,1H3. The van der Waals surface area contributed by atoms with E-state index in [1.165, 1.54) is 11.1 Å². The van der Waals surface area contributed by atoms with E-state index >= 15 is 0 Å². The van der Waals surface area contributed by atoms with Crippen LogP contribution in [0.1, 0.15) is 17.0 Å². The van der Waals surface area contributed by atoms with Gasteiger partial charge in [-0.3, -0.25) is 4.98 Å². The topological polar surface area (TPSA) is 87.3 Å². The van der Waals surface area contributed by atoms with E-state index in [1.807, 2.05) is 30.3 Å². The van der Waals surface area contributed by atoms with Crippen molar-refractivity contribution in [1.82, 2.24) is 29.8 Å². The number of hydrogen-bond acceptors (Lipinski definition) is 7. The van der Waals surface area contributed by atoms with Gasteiger partial charge in [-0.1, -0.05) is 54.6 Å². The quantitative estimate of drug-likeness (QED) is 0.325. The first-order valence-electron chi connectivity index (χ1n) is 11.5. The molecule has 3 aromatic heterocycles. The molecule has 0 spiro atoms. The first-order chi connectivity index (χ1) is 17.8. The van der Waals surface area contributed by atoms with Gasteiger partial charge in [0.1, 0.15) is 23.8 Å². The highest BCUT2D eigenvalue weighted by atomic mass is 16.5. The van der Waals surface area contributed by atoms with Crippen LogP contribution in [0, 0.1) is 0 Å². The summed E-state index contributed by atoms with van der Waals surface area (Å²) in [5, 5.41) is 14.0. The molecule has 0 aliphatic heterocycles. The SMILES string of the molecule is COc1ccc2c(OCc3nnc4ncc(-c5ccc(Cc6ccccc6)cc5)nn34)ccnc2c1. The summed E-state index contributed by atoms with van der Waals surface area (Å²) in [5.41, 5.74) is 5.00. The molecule has 0 fully saturated rings. The van der Waals surface area contributed by atoms with Crippen LogP contribution in [-0.4, -0.2) is 36.9 Å². The van der Waals surface area contributed by atoms with Crippen molar-refractivity contribution in [3.63, 3.8) is 0 Å². The van der Waals surface area contributed by atoms with E-state index in [0.717, 1.165) is 34.3 Å². The summed E-state index contributed by atoms with van der Waals surface area (Å²) < 4.78 is 13.0. The second-order valence-electron chi connectivity index (χ2n) is 8.31. The maximum Gasteiger partial charge on any atom is 0.272 e. The van der Waals surface area contributed by atoms with Crippen LogP contribution in [0.4, 0.5) is 0 Å². The Morgan fingerprint density at radius 3 is 2.50 bits per heavy atom. The van der Waals surface area contributed by atoms with Gasteiger partial charge in [0.05, 0.1) is 18.8 Å². The molecule has 3 aromatic carbocycles. The third-order valence-corrected chi connectivity index (χ3v) is 5.97. The summed E-state index contributed by atoms with van der Waals surface area (Å²) in [7, 11) is 1.63. The average Bonchev–Trinajstić information content (AvgIpc) is 3.34. The lowest BCUT2D eigenvalue weighted by Gasteiger charge is -2.09. The highest BCUT2D eigenvalue weighted by Crippen LogP contribution is 2.27. The monoisotopic (exact) mass is 474 g/mol. The minimum atomic E-state index is 0.181. The van der Waals surface area contributed by atoms with Gasteiger partial charge in [0, 0.05) is 23.2 Å². The molecule has 0 N–H and O–H groups in total. The number of hydrogen-bond donors (Lipinski definition) is 0. The molecule has 0 amide bonds. The number of fused-ring (bicyclic) bond motifs is 2. The van der Waals surface area contributed by atoms with Gasteiger partial charge in [0.2, 0.25) is 0 Å². The molecule has 0 radical (unpaired) electrons. The van der Waals surface area contributed by atoms with Gasteiger partial charge in [-0.15, -0.1) is 10.2 Å². The lowest BCUT2D eigenvalue weighted by atomic mass is 10.0. The number of pyridine rings is 1. The molecular formula is C28H22N6O2. The van der Waals surface area contributed by atoms with Crippen molar-refractivity contribution in [1.29, 1.82) is 0 Å². The van der Waals surface area contributed by atoms with Crippen molar-refractivity contribution < 1.29 is 9.47 Å². The van der Waals surface area contributed by atoms with E-state index in [9.17, 15) is 0 Å². The highest BCUT2D eigenvalue weighted by Gasteiger charge is 2.12. The molecule has 0 saturated carbocycles. The average molecular weight is 475 g/mol. The molecule has 0 aliphatic carbocycles. The van der Waals surface area contributed by atoms with Crippen molar-refractivity contribution in [2.45, 2.75) is 13.0 Å². The smallest absolute Gasteiger partial charge is 0.272 e. The van der Waals surface area contributed by atoms with Crippen LogP contribution in [0.2, 0.25) is 0 Å². The number of aromatic nitrogens is 6. The lowest BCUT2D eigenvalue weighted by Crippen LogP contribution is -2.06. The predicted octanol–water partition coefficient (Wildman–Crippen LogP) is 4.91. The van der Waals surface area contributed by atoms with Crippen LogP contribution in [0.25, 0.3) is 27.9 Å². The number of benzene rings is 3. The van der Waals surface area contributed by atoms with Gasteiger partial charge < -0.3 is 9.47 Å². The lowest BCUT2D eigenvalue weighted by molar-refractivity contribution is 0.296. The van der Waals surface area contributed by atoms with Crippen molar-refractivity contribution in [2.24, 2.45) is 0 Å². The van der Waals surface area contributed by atoms with E-state index in [-0.39, 0.29) is 6.61 Å². The van der Waals surface area contributed by atoms with Gasteiger partial charge in [-0.25, -0.2) is 4.98 Å². The zero-order valence-electron chi connectivity index (χ0n) is 19.6. The zero-order chi connectivity index (χ0) is 24.3. The second-order valence-corrected chi connectivity index (χ2v) is 8.31. The number of methoxy groups -OCH3 is 1. The summed E-state index contributed by atoms with van der Waals surface area (Å²) >= 11 is 0. The van der Waals surface area contributed by atoms with Gasteiger partial charge >= 0.3 is 0 Å². The van der Waals surface area contributed by atoms with Crippen molar-refractivity contribution in [3.05, 3.63) is 108 Å². The first-order valence-corrected chi connectivity index (χ1v) is 11.5. The molecule has 0 bridgehead atoms. The van der Waals surface area contributed by atoms with Crippen LogP contribution < -0.4 is 9.47 Å². The molecule has 0 atom stereocenters. The maximum absolute atomic E-state index is 6.09. The van der Waals surface area contributed by atoms with Crippen LogP contribution in [0.3, 0.4) is 0 Å². The molecule has 0 unspecified atom stereocenters. The van der Waals surface area contributed by atoms with E-state index in [1.54, 1.807) is 24.0 Å². The Hall–Kier alpha value is -4.85. The second kappa shape index (κ2) is 9.42. The fraction of sp³-hybridized carbons (Fsp3) is 0.107. The van der Waals surface area contributed by atoms with E-state index in [4.69, 9.17) is 14.6 Å². The molecule has 8 heteroatoms. The molecule has 8 nitrogen and oxygen atoms in total. The van der Waals surface area contributed by atoms with Crippen LogP contribution in [0.5, 0.6) is 11.5 Å². The van der Waals surface area contributed by atoms with Crippen molar-refractivity contribution >= 4 is 16.7 Å². The van der Waals surface area contributed by atoms with Gasteiger partial charge in [0.25, 0.3) is 5.78 Å². The van der Waals surface area contributed by atoms with Gasteiger partial charge in [0.15, 0.2) is 5.82 Å². The molecule has 176 valence electrons. The van der Waals surface area contributed by atoms with Crippen LogP contribution in [-0.2, 0) is 13.0 Å². The Bertz CT molecular complexity index is 1650. The fourth-order valence-electron chi connectivity index (χ4n) is 4.08. The molecule has 6 rings (SSSR count). The minimum absolute atomic E-state index is 0.181. The molecule has 3 heterocycles. The highest BCUT2D eigenvalue weighted by molar-refractivity contribution is 5.85. The Balaban J connectivity index is 1.23. The number of rotatable bonds is 7. The third kappa shape index (κ3) is 4.32. The van der Waals surface area contributed by atoms with Crippen molar-refractivity contribution in [3.8, 4) is 22.8 Å². The van der Waals surface area contributed by atoms with Gasteiger partial charge in [-0.05, 0) is 35.7 Å². The summed E-state index contributed by atoms with van der Waals surface area (Å²) in [6.45, 7) is 0.181. The Kier molecular flexibility index (Phi) is 5.67. The van der Waals surface area contributed by atoms with Crippen LogP contribution in [0.15, 0.2) is 91.3 Å². The molecule has 0 aliphatic rings. The Morgan fingerprint density at radius 2 is 1.67 bits per heavy atom. The normalized spacial score (nSPS) is 11.1. The summed E-state index contributed by atoms with van der Waals surface area (Å²) in [4.78, 5) is 8.84. The van der Waals surface area contributed by atoms with E-state index in [0.29, 0.717) is 17.4 Å². The molecular weight excluding hydrogens is 452 g/mol.